The van der Waals surface area contributed by atoms with Gasteiger partial charge in [0, 0.05) is 18.5 Å². The third kappa shape index (κ3) is 4.69. The van der Waals surface area contributed by atoms with Crippen molar-refractivity contribution >= 4 is 74.0 Å². The first kappa shape index (κ1) is 20.7. The molecule has 0 aliphatic carbocycles. The summed E-state index contributed by atoms with van der Waals surface area (Å²) in [6.45, 7) is 5.53. The summed E-state index contributed by atoms with van der Waals surface area (Å²) in [5.41, 5.74) is 3.78. The SMILES string of the molecule is Cc1cc(I)ccc1Nc1nc(C)c([N+](=O)[O-])c(Nc2ccc(I)cc2C)n1. The Morgan fingerprint density at radius 1 is 0.893 bits per heavy atom. The van der Waals surface area contributed by atoms with Gasteiger partial charge in [-0.25, -0.2) is 4.98 Å². The van der Waals surface area contributed by atoms with Crippen molar-refractivity contribution in [2.75, 3.05) is 10.6 Å². The van der Waals surface area contributed by atoms with Crippen LogP contribution >= 0.6 is 45.2 Å². The molecule has 0 amide bonds. The molecule has 0 aliphatic rings. The average molecular weight is 601 g/mol. The first-order chi connectivity index (χ1) is 13.2. The van der Waals surface area contributed by atoms with Gasteiger partial charge in [-0.3, -0.25) is 10.1 Å². The van der Waals surface area contributed by atoms with Gasteiger partial charge in [-0.05, 0) is 113 Å². The number of hydrogen-bond acceptors (Lipinski definition) is 6. The van der Waals surface area contributed by atoms with Crippen molar-refractivity contribution in [3.63, 3.8) is 0 Å². The zero-order chi connectivity index (χ0) is 20.4. The molecule has 2 aromatic carbocycles. The van der Waals surface area contributed by atoms with Gasteiger partial charge in [-0.15, -0.1) is 0 Å². The minimum Gasteiger partial charge on any atom is -0.334 e. The minimum absolute atomic E-state index is 0.136. The molecule has 0 unspecified atom stereocenters. The molecule has 0 atom stereocenters. The largest absolute Gasteiger partial charge is 0.334 e. The van der Waals surface area contributed by atoms with E-state index in [0.717, 1.165) is 29.6 Å². The van der Waals surface area contributed by atoms with E-state index in [9.17, 15) is 10.1 Å². The molecule has 2 N–H and O–H groups in total. The summed E-state index contributed by atoms with van der Waals surface area (Å²) in [4.78, 5) is 19.8. The number of nitro groups is 1. The van der Waals surface area contributed by atoms with Gasteiger partial charge in [0.2, 0.25) is 11.8 Å². The van der Waals surface area contributed by atoms with Crippen molar-refractivity contribution in [2.45, 2.75) is 20.8 Å². The molecule has 0 saturated heterocycles. The van der Waals surface area contributed by atoms with Crippen LogP contribution in [0.2, 0.25) is 0 Å². The molecule has 7 nitrogen and oxygen atoms in total. The zero-order valence-corrected chi connectivity index (χ0v) is 19.7. The molecule has 0 radical (unpaired) electrons. The molecule has 9 heteroatoms. The van der Waals surface area contributed by atoms with E-state index in [1.807, 2.05) is 50.2 Å². The smallest absolute Gasteiger partial charge is 0.332 e. The second-order valence-corrected chi connectivity index (χ2v) is 8.75. The number of rotatable bonds is 5. The standard InChI is InChI=1S/C19H17I2N5O2/c1-10-8-13(20)4-6-15(10)23-18-17(26(27)28)12(3)22-19(25-18)24-16-7-5-14(21)9-11(16)2/h4-9H,1-3H3,(H2,22,23,24,25). The molecule has 144 valence electrons. The van der Waals surface area contributed by atoms with Gasteiger partial charge in [0.15, 0.2) is 0 Å². The Morgan fingerprint density at radius 3 is 1.93 bits per heavy atom. The molecule has 0 aliphatic heterocycles. The number of halogens is 2. The number of aromatic nitrogens is 2. The number of hydrogen-bond donors (Lipinski definition) is 2. The van der Waals surface area contributed by atoms with E-state index >= 15 is 0 Å². The van der Waals surface area contributed by atoms with E-state index in [2.05, 4.69) is 65.8 Å². The van der Waals surface area contributed by atoms with E-state index in [0.29, 0.717) is 5.95 Å². The van der Waals surface area contributed by atoms with Crippen molar-refractivity contribution in [3.8, 4) is 0 Å². The van der Waals surface area contributed by atoms with Crippen LogP contribution in [0, 0.1) is 38.0 Å². The van der Waals surface area contributed by atoms with Gasteiger partial charge < -0.3 is 10.6 Å². The highest BCUT2D eigenvalue weighted by Crippen LogP contribution is 2.32. The average Bonchev–Trinajstić information content (AvgIpc) is 2.59. The zero-order valence-electron chi connectivity index (χ0n) is 15.4. The van der Waals surface area contributed by atoms with E-state index in [-0.39, 0.29) is 17.2 Å². The molecule has 28 heavy (non-hydrogen) atoms. The molecule has 1 aromatic heterocycles. The van der Waals surface area contributed by atoms with Crippen LogP contribution in [0.3, 0.4) is 0 Å². The lowest BCUT2D eigenvalue weighted by Crippen LogP contribution is -2.08. The summed E-state index contributed by atoms with van der Waals surface area (Å²) in [6.07, 6.45) is 0. The van der Waals surface area contributed by atoms with Crippen molar-refractivity contribution in [2.24, 2.45) is 0 Å². The number of nitrogens with one attached hydrogen (secondary N) is 2. The van der Waals surface area contributed by atoms with Gasteiger partial charge in [-0.2, -0.15) is 4.98 Å². The Labute approximate surface area is 189 Å². The molecule has 3 aromatic rings. The molecule has 0 spiro atoms. The molecule has 0 saturated carbocycles. The maximum Gasteiger partial charge on any atom is 0.332 e. The Kier molecular flexibility index (Phi) is 6.33. The molecule has 3 rings (SSSR count). The molecular formula is C19H17I2N5O2. The highest BCUT2D eigenvalue weighted by Gasteiger charge is 2.23. The van der Waals surface area contributed by atoms with Gasteiger partial charge in [0.25, 0.3) is 0 Å². The van der Waals surface area contributed by atoms with Crippen LogP contribution < -0.4 is 10.6 Å². The summed E-state index contributed by atoms with van der Waals surface area (Å²) in [7, 11) is 0. The summed E-state index contributed by atoms with van der Waals surface area (Å²) < 4.78 is 2.21. The van der Waals surface area contributed by atoms with Crippen LogP contribution in [0.4, 0.5) is 28.8 Å². The van der Waals surface area contributed by atoms with Gasteiger partial charge in [-0.1, -0.05) is 0 Å². The number of anilines is 4. The first-order valence-electron chi connectivity index (χ1n) is 8.34. The second kappa shape index (κ2) is 8.55. The Morgan fingerprint density at radius 2 is 1.43 bits per heavy atom. The molecular weight excluding hydrogens is 584 g/mol. The summed E-state index contributed by atoms with van der Waals surface area (Å²) >= 11 is 4.48. The normalized spacial score (nSPS) is 10.6. The van der Waals surface area contributed by atoms with E-state index in [1.54, 1.807) is 6.92 Å². The van der Waals surface area contributed by atoms with Gasteiger partial charge in [0.05, 0.1) is 4.92 Å². The van der Waals surface area contributed by atoms with Crippen LogP contribution in [0.25, 0.3) is 0 Å². The first-order valence-corrected chi connectivity index (χ1v) is 10.5. The maximum absolute atomic E-state index is 11.6. The summed E-state index contributed by atoms with van der Waals surface area (Å²) in [5.74, 6) is 0.463. The third-order valence-electron chi connectivity index (χ3n) is 4.12. The van der Waals surface area contributed by atoms with Gasteiger partial charge >= 0.3 is 5.69 Å². The lowest BCUT2D eigenvalue weighted by atomic mass is 10.2. The predicted molar refractivity (Wildman–Crippen MR) is 128 cm³/mol. The van der Waals surface area contributed by atoms with E-state index in [1.165, 1.54) is 0 Å². The lowest BCUT2D eigenvalue weighted by molar-refractivity contribution is -0.385. The maximum atomic E-state index is 11.6. The van der Waals surface area contributed by atoms with Crippen molar-refractivity contribution < 1.29 is 4.92 Å². The van der Waals surface area contributed by atoms with Crippen LogP contribution in [0.15, 0.2) is 36.4 Å². The van der Waals surface area contributed by atoms with Crippen molar-refractivity contribution in [3.05, 3.63) is 70.5 Å². The molecule has 0 fully saturated rings. The fourth-order valence-electron chi connectivity index (χ4n) is 2.71. The van der Waals surface area contributed by atoms with Crippen molar-refractivity contribution in [1.82, 2.24) is 9.97 Å². The van der Waals surface area contributed by atoms with E-state index in [4.69, 9.17) is 0 Å². The monoisotopic (exact) mass is 601 g/mol. The molecule has 1 heterocycles. The number of aryl methyl sites for hydroxylation is 3. The number of nitrogens with zero attached hydrogens (tertiary/aromatic N) is 3. The van der Waals surface area contributed by atoms with E-state index < -0.39 is 4.92 Å². The predicted octanol–water partition coefficient (Wildman–Crippen LogP) is 6.01. The third-order valence-corrected chi connectivity index (χ3v) is 5.46. The topological polar surface area (TPSA) is 93.0 Å². The second-order valence-electron chi connectivity index (χ2n) is 6.26. The fraction of sp³-hybridized carbons (Fsp3) is 0.158. The van der Waals surface area contributed by atoms with Crippen LogP contribution in [-0.2, 0) is 0 Å². The Bertz CT molecular complexity index is 1070. The highest BCUT2D eigenvalue weighted by molar-refractivity contribution is 14.1. The Balaban J connectivity index is 2.03. The van der Waals surface area contributed by atoms with Crippen LogP contribution in [0.5, 0.6) is 0 Å². The van der Waals surface area contributed by atoms with Crippen LogP contribution in [-0.4, -0.2) is 14.9 Å². The summed E-state index contributed by atoms with van der Waals surface area (Å²) in [6, 6.07) is 11.8. The highest BCUT2D eigenvalue weighted by atomic mass is 127. The quantitative estimate of drug-likeness (QED) is 0.212. The summed E-state index contributed by atoms with van der Waals surface area (Å²) in [5, 5.41) is 17.9. The van der Waals surface area contributed by atoms with Crippen molar-refractivity contribution in [1.29, 1.82) is 0 Å². The van der Waals surface area contributed by atoms with Gasteiger partial charge in [0.1, 0.15) is 5.69 Å². The number of benzene rings is 2. The molecule has 0 bridgehead atoms. The van der Waals surface area contributed by atoms with Crippen LogP contribution in [0.1, 0.15) is 16.8 Å². The minimum atomic E-state index is -0.459. The lowest BCUT2D eigenvalue weighted by Gasteiger charge is -2.13. The fourth-order valence-corrected chi connectivity index (χ4v) is 4.01. The Hall–Kier alpha value is -2.02.